The quantitative estimate of drug-likeness (QED) is 0.201. The monoisotopic (exact) mass is 604 g/mol. The second-order valence-electron chi connectivity index (χ2n) is 11.8. The van der Waals surface area contributed by atoms with E-state index >= 15 is 0 Å². The van der Waals surface area contributed by atoms with Crippen molar-refractivity contribution in [3.8, 4) is 33.4 Å². The third kappa shape index (κ3) is 3.97. The van der Waals surface area contributed by atoms with Gasteiger partial charge in [0, 0.05) is 25.6 Å². The van der Waals surface area contributed by atoms with Crippen molar-refractivity contribution >= 4 is 75.5 Å². The predicted octanol–water partition coefficient (Wildman–Crippen LogP) is 12.1. The molecule has 46 heavy (non-hydrogen) atoms. The normalized spacial score (nSPS) is 11.9. The Hall–Kier alpha value is -5.84. The van der Waals surface area contributed by atoms with Crippen LogP contribution in [0.3, 0.4) is 0 Å². The maximum Gasteiger partial charge on any atom is 0.246 e. The molecular weight excluding hydrogens is 581 g/mol. The molecule has 0 atom stereocenters. The van der Waals surface area contributed by atoms with Crippen LogP contribution in [0.1, 0.15) is 0 Å². The standard InChI is InChI=1S/C42H24N2OS/c1-2-8-26-21-28(16-15-25(26)7-1)30-17-19-36-37(24-30)44-42-40(43-36)35-23-29(18-20-38(35)45-42)27-9-5-10-31(22-27)32-12-6-13-34-33-11-3-4-14-39(33)46-41(32)34/h1-24H. The summed E-state index contributed by atoms with van der Waals surface area (Å²) >= 11 is 1.86. The number of rotatable bonds is 3. The molecule has 0 unspecified atom stereocenters. The van der Waals surface area contributed by atoms with Gasteiger partial charge in [-0.05, 0) is 86.6 Å². The van der Waals surface area contributed by atoms with Gasteiger partial charge in [-0.25, -0.2) is 9.97 Å². The van der Waals surface area contributed by atoms with E-state index in [-0.39, 0.29) is 0 Å². The highest BCUT2D eigenvalue weighted by molar-refractivity contribution is 7.26. The van der Waals surface area contributed by atoms with Crippen molar-refractivity contribution in [2.24, 2.45) is 0 Å². The number of benzene rings is 7. The molecule has 3 nitrogen and oxygen atoms in total. The predicted molar refractivity (Wildman–Crippen MR) is 194 cm³/mol. The van der Waals surface area contributed by atoms with Gasteiger partial charge in [0.25, 0.3) is 0 Å². The van der Waals surface area contributed by atoms with Gasteiger partial charge in [0.05, 0.1) is 11.0 Å². The van der Waals surface area contributed by atoms with Crippen LogP contribution >= 0.6 is 11.3 Å². The van der Waals surface area contributed by atoms with E-state index in [2.05, 4.69) is 140 Å². The Labute approximate surface area is 268 Å². The highest BCUT2D eigenvalue weighted by Crippen LogP contribution is 2.41. The van der Waals surface area contributed by atoms with Crippen LogP contribution in [-0.2, 0) is 0 Å². The maximum absolute atomic E-state index is 6.25. The lowest BCUT2D eigenvalue weighted by Crippen LogP contribution is -1.87. The van der Waals surface area contributed by atoms with Crippen molar-refractivity contribution in [1.82, 2.24) is 9.97 Å². The fourth-order valence-electron chi connectivity index (χ4n) is 6.76. The maximum atomic E-state index is 6.25. The molecule has 3 aromatic heterocycles. The summed E-state index contributed by atoms with van der Waals surface area (Å²) in [4.78, 5) is 9.99. The minimum absolute atomic E-state index is 0.556. The molecule has 10 aromatic rings. The van der Waals surface area contributed by atoms with E-state index in [1.807, 2.05) is 17.4 Å². The van der Waals surface area contributed by atoms with E-state index < -0.39 is 0 Å². The summed E-state index contributed by atoms with van der Waals surface area (Å²) in [6.45, 7) is 0. The van der Waals surface area contributed by atoms with Crippen LogP contribution in [0.5, 0.6) is 0 Å². The average molecular weight is 605 g/mol. The zero-order valence-corrected chi connectivity index (χ0v) is 25.4. The van der Waals surface area contributed by atoms with Crippen molar-refractivity contribution in [2.75, 3.05) is 0 Å². The van der Waals surface area contributed by atoms with Gasteiger partial charge in [0.15, 0.2) is 0 Å². The summed E-state index contributed by atoms with van der Waals surface area (Å²) in [5.74, 6) is 0. The van der Waals surface area contributed by atoms with Crippen LogP contribution in [0.15, 0.2) is 150 Å². The lowest BCUT2D eigenvalue weighted by molar-refractivity contribution is 0.655. The Balaban J connectivity index is 1.06. The second-order valence-corrected chi connectivity index (χ2v) is 12.9. The zero-order chi connectivity index (χ0) is 30.2. The molecule has 10 rings (SSSR count). The highest BCUT2D eigenvalue weighted by atomic mass is 32.1. The fraction of sp³-hybridized carbons (Fsp3) is 0. The zero-order valence-electron chi connectivity index (χ0n) is 24.6. The van der Waals surface area contributed by atoms with Crippen LogP contribution in [0.4, 0.5) is 0 Å². The first kappa shape index (κ1) is 25.5. The average Bonchev–Trinajstić information content (AvgIpc) is 3.67. The Kier molecular flexibility index (Phi) is 5.45. The smallest absolute Gasteiger partial charge is 0.246 e. The first-order valence-corrected chi connectivity index (χ1v) is 16.2. The molecule has 0 aliphatic heterocycles. The molecule has 0 bridgehead atoms. The molecule has 0 spiro atoms. The first-order chi connectivity index (χ1) is 22.7. The molecule has 0 radical (unpaired) electrons. The molecule has 7 aromatic carbocycles. The lowest BCUT2D eigenvalue weighted by Gasteiger charge is -2.08. The number of fused-ring (bicyclic) bond motifs is 8. The van der Waals surface area contributed by atoms with Crippen molar-refractivity contribution < 1.29 is 4.42 Å². The minimum atomic E-state index is 0.556. The Morgan fingerprint density at radius 3 is 2.17 bits per heavy atom. The van der Waals surface area contributed by atoms with Crippen LogP contribution < -0.4 is 0 Å². The van der Waals surface area contributed by atoms with Gasteiger partial charge in [-0.2, -0.15) is 0 Å². The third-order valence-electron chi connectivity index (χ3n) is 9.07. The Bertz CT molecular complexity index is 2830. The van der Waals surface area contributed by atoms with Gasteiger partial charge in [-0.15, -0.1) is 11.3 Å². The molecule has 0 aliphatic carbocycles. The molecule has 0 N–H and O–H groups in total. The number of aromatic nitrogens is 2. The second kappa shape index (κ2) is 9.83. The molecule has 0 saturated carbocycles. The van der Waals surface area contributed by atoms with Gasteiger partial charge < -0.3 is 4.42 Å². The third-order valence-corrected chi connectivity index (χ3v) is 10.3. The molecule has 214 valence electrons. The van der Waals surface area contributed by atoms with E-state index in [1.54, 1.807) is 0 Å². The van der Waals surface area contributed by atoms with Crippen LogP contribution in [0, 0.1) is 0 Å². The molecule has 3 heterocycles. The summed E-state index contributed by atoms with van der Waals surface area (Å²) in [6, 6.07) is 51.7. The molecule has 0 fully saturated rings. The SMILES string of the molecule is c1cc(-c2ccc3oc4nc5cc(-c6ccc7ccccc7c6)ccc5nc4c3c2)cc(-c2cccc3c2sc2ccccc23)c1. The number of hydrogen-bond acceptors (Lipinski definition) is 4. The lowest BCUT2D eigenvalue weighted by atomic mass is 9.97. The first-order valence-electron chi connectivity index (χ1n) is 15.4. The van der Waals surface area contributed by atoms with Crippen LogP contribution in [0.2, 0.25) is 0 Å². The minimum Gasteiger partial charge on any atom is -0.436 e. The van der Waals surface area contributed by atoms with Crippen molar-refractivity contribution in [3.63, 3.8) is 0 Å². The summed E-state index contributed by atoms with van der Waals surface area (Å²) in [7, 11) is 0. The van der Waals surface area contributed by atoms with Crippen LogP contribution in [-0.4, -0.2) is 9.97 Å². The van der Waals surface area contributed by atoms with Gasteiger partial charge in [0.2, 0.25) is 5.71 Å². The Morgan fingerprint density at radius 2 is 1.20 bits per heavy atom. The summed E-state index contributed by atoms with van der Waals surface area (Å²) in [5, 5.41) is 6.05. The van der Waals surface area contributed by atoms with Gasteiger partial charge in [-0.3, -0.25) is 0 Å². The van der Waals surface area contributed by atoms with E-state index in [9.17, 15) is 0 Å². The van der Waals surface area contributed by atoms with Crippen molar-refractivity contribution in [3.05, 3.63) is 146 Å². The number of furan rings is 1. The summed E-state index contributed by atoms with van der Waals surface area (Å²) < 4.78 is 8.89. The van der Waals surface area contributed by atoms with Gasteiger partial charge in [0.1, 0.15) is 11.1 Å². The van der Waals surface area contributed by atoms with E-state index in [0.717, 1.165) is 49.8 Å². The largest absolute Gasteiger partial charge is 0.436 e. The van der Waals surface area contributed by atoms with E-state index in [4.69, 9.17) is 14.4 Å². The number of thiophene rings is 1. The van der Waals surface area contributed by atoms with Crippen molar-refractivity contribution in [2.45, 2.75) is 0 Å². The van der Waals surface area contributed by atoms with Crippen LogP contribution in [0.25, 0.3) is 97.6 Å². The van der Waals surface area contributed by atoms with E-state index in [0.29, 0.717) is 5.71 Å². The molecule has 0 saturated heterocycles. The molecule has 0 amide bonds. The summed E-state index contributed by atoms with van der Waals surface area (Å²) in [5.41, 5.74) is 10.8. The Morgan fingerprint density at radius 1 is 0.457 bits per heavy atom. The number of nitrogens with zero attached hydrogens (tertiary/aromatic N) is 2. The molecule has 0 aliphatic rings. The highest BCUT2D eigenvalue weighted by Gasteiger charge is 2.15. The topological polar surface area (TPSA) is 38.9 Å². The van der Waals surface area contributed by atoms with Crippen molar-refractivity contribution in [1.29, 1.82) is 0 Å². The molecule has 4 heteroatoms. The molecular formula is C42H24N2OS. The summed E-state index contributed by atoms with van der Waals surface area (Å²) in [6.07, 6.45) is 0. The van der Waals surface area contributed by atoms with Gasteiger partial charge in [-0.1, -0.05) is 103 Å². The van der Waals surface area contributed by atoms with Gasteiger partial charge >= 0.3 is 0 Å². The van der Waals surface area contributed by atoms with E-state index in [1.165, 1.54) is 42.1 Å². The fourth-order valence-corrected chi connectivity index (χ4v) is 8.00. The number of hydrogen-bond donors (Lipinski definition) is 0.